The highest BCUT2D eigenvalue weighted by atomic mass is 35.5. The predicted molar refractivity (Wildman–Crippen MR) is 149 cm³/mol. The summed E-state index contributed by atoms with van der Waals surface area (Å²) in [5, 5.41) is 44.8. The Morgan fingerprint density at radius 2 is 1.93 bits per heavy atom. The SMILES string of the molecule is C[C@]1(O)[C@@H](CCCl)C(=O)C[C@]1(C(=O)SCC(NC(=O)CCC(N)C(=O)O)C(=O)NCC(=O)O)[C@@H](O)[C@@H]1C=CCCC1. The van der Waals surface area contributed by atoms with Crippen LogP contribution >= 0.6 is 23.4 Å². The van der Waals surface area contributed by atoms with Crippen LogP contribution in [0.1, 0.15) is 51.9 Å². The second-order valence-corrected chi connectivity index (χ2v) is 11.9. The smallest absolute Gasteiger partial charge is 0.322 e. The van der Waals surface area contributed by atoms with Gasteiger partial charge in [0.25, 0.3) is 0 Å². The number of thioether (sulfide) groups is 1. The highest BCUT2D eigenvalue weighted by Gasteiger charge is 2.68. The van der Waals surface area contributed by atoms with Crippen LogP contribution in [0.2, 0.25) is 0 Å². The van der Waals surface area contributed by atoms with Crippen LogP contribution < -0.4 is 16.4 Å². The van der Waals surface area contributed by atoms with Crippen LogP contribution in [-0.4, -0.2) is 97.0 Å². The lowest BCUT2D eigenvalue weighted by molar-refractivity contribution is -0.161. The van der Waals surface area contributed by atoms with Gasteiger partial charge in [0.05, 0.1) is 11.7 Å². The van der Waals surface area contributed by atoms with Crippen molar-refractivity contribution in [1.82, 2.24) is 10.6 Å². The van der Waals surface area contributed by atoms with Crippen LogP contribution in [0.15, 0.2) is 12.2 Å². The lowest BCUT2D eigenvalue weighted by Crippen LogP contribution is -2.59. The minimum absolute atomic E-state index is 0.0345. The first-order valence-corrected chi connectivity index (χ1v) is 14.8. The first-order chi connectivity index (χ1) is 19.2. The molecule has 0 aromatic heterocycles. The molecule has 2 amide bonds. The number of nitrogens with one attached hydrogen (secondary N) is 2. The predicted octanol–water partition coefficient (Wildman–Crippen LogP) is -0.204. The van der Waals surface area contributed by atoms with Crippen LogP contribution in [0.25, 0.3) is 0 Å². The molecule has 2 aliphatic rings. The number of aliphatic carboxylic acids is 2. The summed E-state index contributed by atoms with van der Waals surface area (Å²) >= 11 is 6.40. The van der Waals surface area contributed by atoms with E-state index >= 15 is 0 Å². The fraction of sp³-hybridized carbons (Fsp3) is 0.692. The number of allylic oxidation sites excluding steroid dienone is 1. The van der Waals surface area contributed by atoms with E-state index in [-0.39, 0.29) is 25.1 Å². The summed E-state index contributed by atoms with van der Waals surface area (Å²) in [5.74, 6) is -6.73. The van der Waals surface area contributed by atoms with Gasteiger partial charge in [-0.3, -0.25) is 28.8 Å². The molecule has 0 saturated heterocycles. The van der Waals surface area contributed by atoms with Gasteiger partial charge < -0.3 is 36.8 Å². The summed E-state index contributed by atoms with van der Waals surface area (Å²) in [7, 11) is 0. The van der Waals surface area contributed by atoms with E-state index in [0.29, 0.717) is 18.2 Å². The number of carbonyl (C=O) groups excluding carboxylic acids is 4. The third-order valence-corrected chi connectivity index (χ3v) is 9.18. The lowest BCUT2D eigenvalue weighted by Gasteiger charge is -2.45. The van der Waals surface area contributed by atoms with Gasteiger partial charge in [0, 0.05) is 36.3 Å². The third kappa shape index (κ3) is 8.28. The van der Waals surface area contributed by atoms with Crippen LogP contribution in [0.4, 0.5) is 0 Å². The summed E-state index contributed by atoms with van der Waals surface area (Å²) in [6.45, 7) is 0.557. The number of halogens is 1. The van der Waals surface area contributed by atoms with E-state index < -0.39 is 94.4 Å². The molecule has 2 aliphatic carbocycles. The Kier molecular flexibility index (Phi) is 12.8. The molecule has 0 spiro atoms. The zero-order valence-corrected chi connectivity index (χ0v) is 24.3. The average molecular weight is 620 g/mol. The van der Waals surface area contributed by atoms with Gasteiger partial charge in [-0.1, -0.05) is 23.9 Å². The monoisotopic (exact) mass is 619 g/mol. The number of nitrogens with two attached hydrogens (primary N) is 1. The number of rotatable bonds is 15. The van der Waals surface area contributed by atoms with Crippen molar-refractivity contribution in [2.75, 3.05) is 18.2 Å². The maximum atomic E-state index is 13.9. The molecule has 1 saturated carbocycles. The molecular weight excluding hydrogens is 582 g/mol. The molecule has 0 aliphatic heterocycles. The number of hydrogen-bond acceptors (Lipinski definition) is 10. The van der Waals surface area contributed by atoms with Gasteiger partial charge in [-0.25, -0.2) is 0 Å². The van der Waals surface area contributed by atoms with E-state index in [1.54, 1.807) is 6.08 Å². The first kappa shape index (κ1) is 34.7. The van der Waals surface area contributed by atoms with Gasteiger partial charge in [-0.05, 0) is 39.0 Å². The Morgan fingerprint density at radius 1 is 1.24 bits per heavy atom. The summed E-state index contributed by atoms with van der Waals surface area (Å²) in [4.78, 5) is 74.1. The standard InChI is InChI=1S/C26H38ClN3O10S/c1-25(40)15(9-10-27)18(31)11-26(25,21(35)14-5-3-2-4-6-14)24(39)41-13-17(22(36)29-12-20(33)34)30-19(32)8-7-16(28)23(37)38/h3,5,14-17,21,35,40H,2,4,6-13,28H2,1H3,(H,29,36)(H,30,32)(H,33,34)(H,37,38)/t14-,15+,16?,17?,21+,25+,26-/m1/s1. The van der Waals surface area contributed by atoms with Gasteiger partial charge in [0.15, 0.2) is 0 Å². The molecule has 0 heterocycles. The molecular formula is C26H38ClN3O10S. The maximum Gasteiger partial charge on any atom is 0.322 e. The molecule has 1 fully saturated rings. The van der Waals surface area contributed by atoms with Gasteiger partial charge in [0.1, 0.15) is 29.8 Å². The zero-order valence-electron chi connectivity index (χ0n) is 22.7. The van der Waals surface area contributed by atoms with Gasteiger partial charge in [-0.2, -0.15) is 0 Å². The van der Waals surface area contributed by atoms with Crippen LogP contribution in [0.3, 0.4) is 0 Å². The van der Waals surface area contributed by atoms with E-state index in [1.807, 2.05) is 6.08 Å². The molecule has 0 radical (unpaired) electrons. The van der Waals surface area contributed by atoms with Crippen molar-refractivity contribution in [3.8, 4) is 0 Å². The number of aliphatic hydroxyl groups excluding tert-OH is 1. The maximum absolute atomic E-state index is 13.9. The van der Waals surface area contributed by atoms with Crippen molar-refractivity contribution in [3.63, 3.8) is 0 Å². The molecule has 2 unspecified atom stereocenters. The molecule has 0 aromatic rings. The number of alkyl halides is 1. The summed E-state index contributed by atoms with van der Waals surface area (Å²) in [6.07, 6.45) is 3.24. The van der Waals surface area contributed by atoms with Crippen molar-refractivity contribution < 1.29 is 49.2 Å². The zero-order chi connectivity index (χ0) is 31.0. The Labute approximate surface area is 246 Å². The van der Waals surface area contributed by atoms with E-state index in [1.165, 1.54) is 6.92 Å². The van der Waals surface area contributed by atoms with Crippen LogP contribution in [-0.2, 0) is 28.8 Å². The van der Waals surface area contributed by atoms with Gasteiger partial charge in [-0.15, -0.1) is 11.6 Å². The van der Waals surface area contributed by atoms with Crippen molar-refractivity contribution in [2.24, 2.45) is 23.0 Å². The quantitative estimate of drug-likeness (QED) is 0.0932. The van der Waals surface area contributed by atoms with E-state index in [4.69, 9.17) is 27.5 Å². The summed E-state index contributed by atoms with van der Waals surface area (Å²) in [6, 6.07) is -2.77. The van der Waals surface area contributed by atoms with E-state index in [0.717, 1.165) is 12.8 Å². The van der Waals surface area contributed by atoms with E-state index in [2.05, 4.69) is 10.6 Å². The fourth-order valence-electron chi connectivity index (χ4n) is 5.46. The second kappa shape index (κ2) is 15.1. The lowest BCUT2D eigenvalue weighted by atomic mass is 9.65. The number of amides is 2. The largest absolute Gasteiger partial charge is 0.480 e. The van der Waals surface area contributed by atoms with Gasteiger partial charge in [0.2, 0.25) is 16.9 Å². The summed E-state index contributed by atoms with van der Waals surface area (Å²) < 4.78 is 0. The fourth-order valence-corrected chi connectivity index (χ4v) is 6.88. The van der Waals surface area contributed by atoms with Crippen molar-refractivity contribution in [3.05, 3.63) is 12.2 Å². The van der Waals surface area contributed by atoms with Crippen LogP contribution in [0, 0.1) is 17.3 Å². The first-order valence-electron chi connectivity index (χ1n) is 13.3. The Bertz CT molecular complexity index is 1050. The third-order valence-electron chi connectivity index (χ3n) is 7.83. The molecule has 7 atom stereocenters. The Hall–Kier alpha value is -2.52. The molecule has 8 N–H and O–H groups in total. The Balaban J connectivity index is 2.33. The normalized spacial score (nSPS) is 28.0. The highest BCUT2D eigenvalue weighted by molar-refractivity contribution is 8.13. The minimum Gasteiger partial charge on any atom is -0.480 e. The number of aliphatic hydroxyl groups is 2. The topological polar surface area (TPSA) is 233 Å². The second-order valence-electron chi connectivity index (χ2n) is 10.6. The molecule has 13 nitrogen and oxygen atoms in total. The molecule has 15 heteroatoms. The molecule has 230 valence electrons. The number of hydrogen-bond donors (Lipinski definition) is 7. The van der Waals surface area contributed by atoms with Crippen LogP contribution in [0.5, 0.6) is 0 Å². The van der Waals surface area contributed by atoms with Crippen molar-refractivity contribution >= 4 is 58.0 Å². The van der Waals surface area contributed by atoms with Gasteiger partial charge >= 0.3 is 11.9 Å². The number of ketones is 1. The van der Waals surface area contributed by atoms with E-state index in [9.17, 15) is 39.0 Å². The molecule has 2 rings (SSSR count). The highest BCUT2D eigenvalue weighted by Crippen LogP contribution is 2.56. The minimum atomic E-state index is -1.98. The average Bonchev–Trinajstić information content (AvgIpc) is 3.13. The molecule has 41 heavy (non-hydrogen) atoms. The molecule has 0 bridgehead atoms. The summed E-state index contributed by atoms with van der Waals surface area (Å²) in [5.41, 5.74) is 1.49. The van der Waals surface area contributed by atoms with Crippen molar-refractivity contribution in [1.29, 1.82) is 0 Å². The molecule has 0 aromatic carbocycles. The Morgan fingerprint density at radius 3 is 2.49 bits per heavy atom. The number of carboxylic acids is 2. The number of Topliss-reactive ketones (excluding diaryl/α,β-unsaturated/α-hetero) is 1. The number of carbonyl (C=O) groups is 6. The number of carboxylic acid groups (broad SMARTS) is 2. The van der Waals surface area contributed by atoms with Crippen molar-refractivity contribution in [2.45, 2.75) is 75.7 Å².